The fourth-order valence-corrected chi connectivity index (χ4v) is 2.56. The number of non-ortho nitro benzene ring substituents is 1. The summed E-state index contributed by atoms with van der Waals surface area (Å²) in [6.07, 6.45) is -1.07. The largest absolute Gasteiger partial charge is 0.384 e. The zero-order valence-corrected chi connectivity index (χ0v) is 14.6. The molecule has 2 rings (SSSR count). The third-order valence-corrected chi connectivity index (χ3v) is 3.96. The van der Waals surface area contributed by atoms with E-state index in [0.29, 0.717) is 11.1 Å². The van der Waals surface area contributed by atoms with E-state index in [4.69, 9.17) is 27.7 Å². The molecule has 2 aromatic rings. The van der Waals surface area contributed by atoms with E-state index in [1.54, 1.807) is 30.3 Å². The number of halogens is 1. The molecule has 0 radical (unpaired) electrons. The molecular weight excluding hydrogens is 360 g/mol. The molecule has 0 aliphatic rings. The van der Waals surface area contributed by atoms with Crippen LogP contribution < -0.4 is 5.73 Å². The van der Waals surface area contributed by atoms with E-state index in [1.807, 2.05) is 0 Å². The number of carbonyl (C=O) groups excluding carboxylic acids is 1. The lowest BCUT2D eigenvalue weighted by Crippen LogP contribution is -2.28. The van der Waals surface area contributed by atoms with E-state index in [1.165, 1.54) is 25.3 Å². The molecule has 0 aromatic heterocycles. The highest BCUT2D eigenvalue weighted by molar-refractivity contribution is 6.21. The monoisotopic (exact) mass is 376 g/mol. The normalized spacial score (nSPS) is 11.6. The number of rotatable bonds is 7. The molecule has 26 heavy (non-hydrogen) atoms. The number of ether oxygens (including phenoxy) is 1. The van der Waals surface area contributed by atoms with Crippen LogP contribution in [-0.2, 0) is 16.1 Å². The van der Waals surface area contributed by atoms with Crippen molar-refractivity contribution in [1.29, 1.82) is 5.41 Å². The lowest BCUT2D eigenvalue weighted by Gasteiger charge is -2.21. The first-order chi connectivity index (χ1) is 12.3. The SMILES string of the molecule is COC(C(=O)N(Cl)Cc1ccc(C(=N)N)cc1)c1cccc([N+](=O)[O-])c1. The average Bonchev–Trinajstić information content (AvgIpc) is 2.62. The molecule has 1 amide bonds. The van der Waals surface area contributed by atoms with Gasteiger partial charge in [0, 0.05) is 36.6 Å². The summed E-state index contributed by atoms with van der Waals surface area (Å²) in [7, 11) is 1.33. The number of nitrogens with zero attached hydrogens (tertiary/aromatic N) is 2. The molecule has 0 aliphatic heterocycles. The quantitative estimate of drug-likeness (QED) is 0.253. The number of nitro groups is 1. The molecule has 2 aromatic carbocycles. The second-order valence-corrected chi connectivity index (χ2v) is 5.85. The van der Waals surface area contributed by atoms with Crippen molar-refractivity contribution in [2.24, 2.45) is 5.73 Å². The van der Waals surface area contributed by atoms with E-state index >= 15 is 0 Å². The first kappa shape index (κ1) is 19.4. The molecule has 0 heterocycles. The summed E-state index contributed by atoms with van der Waals surface area (Å²) in [6, 6.07) is 12.4. The Morgan fingerprint density at radius 1 is 1.35 bits per heavy atom. The van der Waals surface area contributed by atoms with Crippen LogP contribution in [0.4, 0.5) is 5.69 Å². The minimum absolute atomic E-state index is 0.0551. The van der Waals surface area contributed by atoms with Gasteiger partial charge in [0.15, 0.2) is 6.10 Å². The van der Waals surface area contributed by atoms with Gasteiger partial charge < -0.3 is 10.5 Å². The minimum Gasteiger partial charge on any atom is -0.384 e. The van der Waals surface area contributed by atoms with Gasteiger partial charge in [0.05, 0.1) is 11.5 Å². The van der Waals surface area contributed by atoms with Gasteiger partial charge in [0.2, 0.25) is 0 Å². The maximum absolute atomic E-state index is 12.6. The molecule has 1 unspecified atom stereocenters. The molecule has 0 spiro atoms. The molecule has 136 valence electrons. The molecule has 8 nitrogen and oxygen atoms in total. The summed E-state index contributed by atoms with van der Waals surface area (Å²) in [5, 5.41) is 18.3. The van der Waals surface area contributed by atoms with Crippen molar-refractivity contribution < 1.29 is 14.5 Å². The van der Waals surface area contributed by atoms with E-state index in [-0.39, 0.29) is 18.1 Å². The second kappa shape index (κ2) is 8.41. The van der Waals surface area contributed by atoms with E-state index in [9.17, 15) is 14.9 Å². The highest BCUT2D eigenvalue weighted by Gasteiger charge is 2.26. The van der Waals surface area contributed by atoms with Crippen LogP contribution in [0.3, 0.4) is 0 Å². The lowest BCUT2D eigenvalue weighted by molar-refractivity contribution is -0.385. The number of methoxy groups -OCH3 is 1. The van der Waals surface area contributed by atoms with Crippen LogP contribution >= 0.6 is 11.8 Å². The van der Waals surface area contributed by atoms with Gasteiger partial charge in [-0.05, 0) is 11.1 Å². The molecule has 1 atom stereocenters. The Balaban J connectivity index is 2.15. The summed E-state index contributed by atoms with van der Waals surface area (Å²) in [6.45, 7) is 0.0906. The van der Waals surface area contributed by atoms with Crippen LogP contribution in [0.2, 0.25) is 0 Å². The van der Waals surface area contributed by atoms with Crippen LogP contribution in [0, 0.1) is 15.5 Å². The van der Waals surface area contributed by atoms with Crippen molar-refractivity contribution in [3.63, 3.8) is 0 Å². The zero-order valence-electron chi connectivity index (χ0n) is 13.9. The fourth-order valence-electron chi connectivity index (χ4n) is 2.34. The summed E-state index contributed by atoms with van der Waals surface area (Å²) in [4.78, 5) is 22.9. The van der Waals surface area contributed by atoms with Crippen molar-refractivity contribution in [2.45, 2.75) is 12.6 Å². The summed E-state index contributed by atoms with van der Waals surface area (Å²) >= 11 is 6.10. The maximum atomic E-state index is 12.6. The predicted octanol–water partition coefficient (Wildman–Crippen LogP) is 2.75. The molecule has 9 heteroatoms. The van der Waals surface area contributed by atoms with Gasteiger partial charge in [-0.15, -0.1) is 0 Å². The van der Waals surface area contributed by atoms with Crippen LogP contribution in [0.5, 0.6) is 0 Å². The van der Waals surface area contributed by atoms with Crippen LogP contribution in [0.1, 0.15) is 22.8 Å². The molecule has 0 aliphatic carbocycles. The van der Waals surface area contributed by atoms with E-state index in [2.05, 4.69) is 0 Å². The van der Waals surface area contributed by atoms with Crippen LogP contribution in [0.15, 0.2) is 48.5 Å². The average molecular weight is 377 g/mol. The number of nitro benzene ring substituents is 1. The third-order valence-electron chi connectivity index (χ3n) is 3.67. The number of nitrogens with two attached hydrogens (primary N) is 1. The Morgan fingerprint density at radius 2 is 2.00 bits per heavy atom. The minimum atomic E-state index is -1.07. The topological polar surface area (TPSA) is 123 Å². The van der Waals surface area contributed by atoms with Gasteiger partial charge in [0.1, 0.15) is 5.84 Å². The molecular formula is C17H17ClN4O4. The Kier molecular flexibility index (Phi) is 6.26. The van der Waals surface area contributed by atoms with Gasteiger partial charge in [-0.3, -0.25) is 20.3 Å². The Bertz CT molecular complexity index is 826. The molecule has 0 saturated heterocycles. The van der Waals surface area contributed by atoms with Crippen LogP contribution in [0.25, 0.3) is 0 Å². The first-order valence-corrected chi connectivity index (χ1v) is 7.85. The van der Waals surface area contributed by atoms with Gasteiger partial charge >= 0.3 is 0 Å². The first-order valence-electron chi connectivity index (χ1n) is 7.51. The standard InChI is InChI=1S/C17H17ClN4O4/c1-26-15(13-3-2-4-14(9-13)22(24)25)17(23)21(18)10-11-5-7-12(8-6-11)16(19)20/h2-9,15H,10H2,1H3,(H3,19,20). The zero-order chi connectivity index (χ0) is 19.3. The van der Waals surface area contributed by atoms with Gasteiger partial charge in [0.25, 0.3) is 11.6 Å². The Morgan fingerprint density at radius 3 is 2.54 bits per heavy atom. The number of amides is 1. The summed E-state index contributed by atoms with van der Waals surface area (Å²) in [5.74, 6) is -0.606. The molecule has 3 N–H and O–H groups in total. The smallest absolute Gasteiger partial charge is 0.270 e. The van der Waals surface area contributed by atoms with Crippen LogP contribution in [-0.4, -0.2) is 28.2 Å². The maximum Gasteiger partial charge on any atom is 0.270 e. The predicted molar refractivity (Wildman–Crippen MR) is 96.7 cm³/mol. The highest BCUT2D eigenvalue weighted by atomic mass is 35.5. The number of amidine groups is 1. The van der Waals surface area contributed by atoms with Crippen molar-refractivity contribution >= 4 is 29.2 Å². The van der Waals surface area contributed by atoms with Gasteiger partial charge in [-0.2, -0.15) is 0 Å². The number of hydrogen-bond donors (Lipinski definition) is 2. The van der Waals surface area contributed by atoms with Crippen molar-refractivity contribution in [2.75, 3.05) is 7.11 Å². The van der Waals surface area contributed by atoms with Gasteiger partial charge in [-0.1, -0.05) is 36.4 Å². The summed E-state index contributed by atoms with van der Waals surface area (Å²) in [5.41, 5.74) is 6.89. The van der Waals surface area contributed by atoms with Crippen molar-refractivity contribution in [1.82, 2.24) is 4.42 Å². The molecule has 0 saturated carbocycles. The number of nitrogen functional groups attached to an aromatic ring is 1. The fraction of sp³-hybridized carbons (Fsp3) is 0.176. The molecule has 0 bridgehead atoms. The van der Waals surface area contributed by atoms with Crippen molar-refractivity contribution in [3.05, 3.63) is 75.3 Å². The molecule has 0 fully saturated rings. The third kappa shape index (κ3) is 4.56. The second-order valence-electron chi connectivity index (χ2n) is 5.44. The Hall–Kier alpha value is -2.97. The number of carbonyl (C=O) groups is 1. The number of benzene rings is 2. The lowest BCUT2D eigenvalue weighted by atomic mass is 10.1. The van der Waals surface area contributed by atoms with Crippen molar-refractivity contribution in [3.8, 4) is 0 Å². The Labute approximate surface area is 154 Å². The summed E-state index contributed by atoms with van der Waals surface area (Å²) < 4.78 is 6.15. The number of nitrogens with one attached hydrogen (secondary N) is 1. The number of hydrogen-bond acceptors (Lipinski definition) is 5. The van der Waals surface area contributed by atoms with E-state index < -0.39 is 16.9 Å². The van der Waals surface area contributed by atoms with E-state index in [0.717, 1.165) is 9.98 Å². The van der Waals surface area contributed by atoms with Gasteiger partial charge in [-0.25, -0.2) is 4.42 Å². The highest BCUT2D eigenvalue weighted by Crippen LogP contribution is 2.25.